The van der Waals surface area contributed by atoms with Crippen molar-refractivity contribution in [3.05, 3.63) is 36.7 Å². The summed E-state index contributed by atoms with van der Waals surface area (Å²) in [5.41, 5.74) is 7.26. The summed E-state index contributed by atoms with van der Waals surface area (Å²) in [5.74, 6) is 0.344. The highest BCUT2D eigenvalue weighted by atomic mass is 16.5. The van der Waals surface area contributed by atoms with Gasteiger partial charge in [0.1, 0.15) is 5.52 Å². The third-order valence-corrected chi connectivity index (χ3v) is 2.26. The lowest BCUT2D eigenvalue weighted by Gasteiger charge is -1.99. The average Bonchev–Trinajstić information content (AvgIpc) is 2.88. The Morgan fingerprint density at radius 1 is 1.33 bits per heavy atom. The number of hydrogen-bond donors (Lipinski definition) is 1. The molecule has 3 aromatic rings. The van der Waals surface area contributed by atoms with Crippen LogP contribution < -0.4 is 5.73 Å². The van der Waals surface area contributed by atoms with E-state index in [0.717, 1.165) is 16.6 Å². The van der Waals surface area contributed by atoms with Crippen LogP contribution in [0.5, 0.6) is 0 Å². The summed E-state index contributed by atoms with van der Waals surface area (Å²) in [5, 5.41) is 8.80. The van der Waals surface area contributed by atoms with Gasteiger partial charge in [-0.1, -0.05) is 5.16 Å². The highest BCUT2D eigenvalue weighted by Gasteiger charge is 2.05. The van der Waals surface area contributed by atoms with Crippen molar-refractivity contribution < 1.29 is 4.52 Å². The van der Waals surface area contributed by atoms with Gasteiger partial charge in [0.05, 0.1) is 11.1 Å². The maximum absolute atomic E-state index is 5.59. The van der Waals surface area contributed by atoms with Crippen LogP contribution in [-0.2, 0) is 0 Å². The monoisotopic (exact) mass is 200 g/mol. The predicted octanol–water partition coefficient (Wildman–Crippen LogP) is 1.60. The van der Waals surface area contributed by atoms with E-state index >= 15 is 0 Å². The second-order valence-corrected chi connectivity index (χ2v) is 3.20. The van der Waals surface area contributed by atoms with Gasteiger partial charge in [0.15, 0.2) is 0 Å². The number of nitrogen functional groups attached to an aromatic ring is 1. The van der Waals surface area contributed by atoms with Crippen molar-refractivity contribution in [3.63, 3.8) is 0 Å². The lowest BCUT2D eigenvalue weighted by molar-refractivity contribution is 0.445. The van der Waals surface area contributed by atoms with E-state index < -0.39 is 0 Å². The number of anilines is 1. The Hall–Kier alpha value is -2.30. The molecule has 2 aromatic heterocycles. The van der Waals surface area contributed by atoms with Crippen molar-refractivity contribution >= 4 is 16.8 Å². The SMILES string of the molecule is Nc1onc2cc(-n3cccn3)ccc12. The van der Waals surface area contributed by atoms with Crippen LogP contribution in [0.3, 0.4) is 0 Å². The van der Waals surface area contributed by atoms with Crippen molar-refractivity contribution in [2.24, 2.45) is 0 Å². The van der Waals surface area contributed by atoms with E-state index in [-0.39, 0.29) is 0 Å². The second-order valence-electron chi connectivity index (χ2n) is 3.20. The molecule has 2 N–H and O–H groups in total. The lowest BCUT2D eigenvalue weighted by atomic mass is 10.2. The van der Waals surface area contributed by atoms with E-state index in [0.29, 0.717) is 5.88 Å². The molecule has 0 atom stereocenters. The molecule has 5 nitrogen and oxygen atoms in total. The van der Waals surface area contributed by atoms with Crippen molar-refractivity contribution in [1.82, 2.24) is 14.9 Å². The molecule has 15 heavy (non-hydrogen) atoms. The highest BCUT2D eigenvalue weighted by Crippen LogP contribution is 2.22. The minimum atomic E-state index is 0.344. The number of hydrogen-bond acceptors (Lipinski definition) is 4. The molecule has 0 aliphatic rings. The maximum atomic E-state index is 5.59. The number of fused-ring (bicyclic) bond motifs is 1. The minimum absolute atomic E-state index is 0.344. The highest BCUT2D eigenvalue weighted by molar-refractivity contribution is 5.88. The van der Waals surface area contributed by atoms with E-state index in [1.807, 2.05) is 30.5 Å². The Morgan fingerprint density at radius 3 is 3.07 bits per heavy atom. The van der Waals surface area contributed by atoms with Gasteiger partial charge in [-0.15, -0.1) is 0 Å². The Bertz CT molecular complexity index is 597. The van der Waals surface area contributed by atoms with Gasteiger partial charge >= 0.3 is 0 Å². The summed E-state index contributed by atoms with van der Waals surface area (Å²) >= 11 is 0. The fraction of sp³-hybridized carbons (Fsp3) is 0. The van der Waals surface area contributed by atoms with Gasteiger partial charge in [-0.05, 0) is 24.3 Å². The van der Waals surface area contributed by atoms with Gasteiger partial charge in [-0.3, -0.25) is 0 Å². The van der Waals surface area contributed by atoms with Crippen molar-refractivity contribution in [1.29, 1.82) is 0 Å². The number of aromatic nitrogens is 3. The van der Waals surface area contributed by atoms with Gasteiger partial charge < -0.3 is 10.3 Å². The van der Waals surface area contributed by atoms with Crippen molar-refractivity contribution in [3.8, 4) is 5.69 Å². The molecule has 0 saturated carbocycles. The second kappa shape index (κ2) is 2.84. The van der Waals surface area contributed by atoms with Crippen LogP contribution in [0.4, 0.5) is 5.88 Å². The quantitative estimate of drug-likeness (QED) is 0.647. The van der Waals surface area contributed by atoms with Crippen LogP contribution in [0.1, 0.15) is 0 Å². The molecular weight excluding hydrogens is 192 g/mol. The first-order valence-electron chi connectivity index (χ1n) is 4.49. The largest absolute Gasteiger partial charge is 0.367 e. The fourth-order valence-corrected chi connectivity index (χ4v) is 1.52. The minimum Gasteiger partial charge on any atom is -0.367 e. The molecule has 0 fully saturated rings. The van der Waals surface area contributed by atoms with Crippen LogP contribution >= 0.6 is 0 Å². The van der Waals surface area contributed by atoms with E-state index in [1.54, 1.807) is 10.9 Å². The molecule has 1 aromatic carbocycles. The molecule has 0 amide bonds. The van der Waals surface area contributed by atoms with E-state index in [4.69, 9.17) is 10.3 Å². The zero-order valence-electron chi connectivity index (χ0n) is 7.79. The van der Waals surface area contributed by atoms with Crippen LogP contribution in [0.15, 0.2) is 41.2 Å². The molecule has 0 bridgehead atoms. The van der Waals surface area contributed by atoms with E-state index in [2.05, 4.69) is 10.3 Å². The molecule has 3 rings (SSSR count). The summed E-state index contributed by atoms with van der Waals surface area (Å²) in [7, 11) is 0. The van der Waals surface area contributed by atoms with Crippen LogP contribution in [0.2, 0.25) is 0 Å². The van der Waals surface area contributed by atoms with Gasteiger partial charge in [-0.25, -0.2) is 4.68 Å². The molecule has 0 aliphatic heterocycles. The van der Waals surface area contributed by atoms with Crippen molar-refractivity contribution in [2.45, 2.75) is 0 Å². The maximum Gasteiger partial charge on any atom is 0.230 e. The fourth-order valence-electron chi connectivity index (χ4n) is 1.52. The van der Waals surface area contributed by atoms with Gasteiger partial charge in [-0.2, -0.15) is 5.10 Å². The Morgan fingerprint density at radius 2 is 2.27 bits per heavy atom. The third-order valence-electron chi connectivity index (χ3n) is 2.26. The zero-order chi connectivity index (χ0) is 10.3. The molecule has 0 unspecified atom stereocenters. The molecule has 0 aliphatic carbocycles. The molecule has 0 radical (unpaired) electrons. The molecule has 5 heteroatoms. The topological polar surface area (TPSA) is 69.9 Å². The van der Waals surface area contributed by atoms with E-state index in [9.17, 15) is 0 Å². The molecule has 0 spiro atoms. The van der Waals surface area contributed by atoms with Crippen molar-refractivity contribution in [2.75, 3.05) is 5.73 Å². The predicted molar refractivity (Wildman–Crippen MR) is 55.5 cm³/mol. The Balaban J connectivity index is 2.23. The summed E-state index contributed by atoms with van der Waals surface area (Å²) in [4.78, 5) is 0. The van der Waals surface area contributed by atoms with Gasteiger partial charge in [0.25, 0.3) is 0 Å². The normalized spacial score (nSPS) is 10.9. The summed E-state index contributed by atoms with van der Waals surface area (Å²) in [6.07, 6.45) is 3.59. The van der Waals surface area contributed by atoms with Gasteiger partial charge in [0, 0.05) is 12.4 Å². The Kier molecular flexibility index (Phi) is 1.53. The summed E-state index contributed by atoms with van der Waals surface area (Å²) in [6.45, 7) is 0. The number of nitrogens with two attached hydrogens (primary N) is 1. The first-order chi connectivity index (χ1) is 7.34. The summed E-state index contributed by atoms with van der Waals surface area (Å²) in [6, 6.07) is 7.53. The smallest absolute Gasteiger partial charge is 0.230 e. The van der Waals surface area contributed by atoms with E-state index in [1.165, 1.54) is 0 Å². The van der Waals surface area contributed by atoms with Crippen LogP contribution in [0, 0.1) is 0 Å². The van der Waals surface area contributed by atoms with Crippen LogP contribution in [0.25, 0.3) is 16.6 Å². The molecule has 74 valence electrons. The first-order valence-corrected chi connectivity index (χ1v) is 4.49. The molecule has 0 saturated heterocycles. The summed E-state index contributed by atoms with van der Waals surface area (Å²) < 4.78 is 6.64. The number of rotatable bonds is 1. The molecular formula is C10H8N4O. The number of benzene rings is 1. The van der Waals surface area contributed by atoms with Gasteiger partial charge in [0.2, 0.25) is 5.88 Å². The zero-order valence-corrected chi connectivity index (χ0v) is 7.79. The Labute approximate surface area is 85.1 Å². The van der Waals surface area contributed by atoms with Crippen LogP contribution in [-0.4, -0.2) is 14.9 Å². The standard InChI is InChI=1S/C10H8N4O/c11-10-8-3-2-7(6-9(8)13-15-10)14-5-1-4-12-14/h1-6H,11H2. The third kappa shape index (κ3) is 1.17. The molecule has 2 heterocycles. The lowest BCUT2D eigenvalue weighted by Crippen LogP contribution is -1.93. The average molecular weight is 200 g/mol. The number of nitrogens with zero attached hydrogens (tertiary/aromatic N) is 3. The first kappa shape index (κ1) is 8.05.